The molecule has 1 aromatic heterocycles. The van der Waals surface area contributed by atoms with Crippen LogP contribution in [0.2, 0.25) is 0 Å². The lowest BCUT2D eigenvalue weighted by Gasteiger charge is -2.26. The first-order valence-corrected chi connectivity index (χ1v) is 9.52. The first-order chi connectivity index (χ1) is 12.1. The molecule has 1 aromatic rings. The second-order valence-corrected chi connectivity index (χ2v) is 7.87. The van der Waals surface area contributed by atoms with Gasteiger partial charge in [0.1, 0.15) is 0 Å². The summed E-state index contributed by atoms with van der Waals surface area (Å²) in [4.78, 5) is 30.4. The third-order valence-corrected chi connectivity index (χ3v) is 6.38. The molecule has 0 radical (unpaired) electrons. The number of carbonyl (C=O) groups is 2. The molecule has 1 N–H and O–H groups in total. The molecule has 1 fully saturated rings. The van der Waals surface area contributed by atoms with Crippen LogP contribution in [-0.4, -0.2) is 17.5 Å². The predicted molar refractivity (Wildman–Crippen MR) is 99.5 cm³/mol. The highest BCUT2D eigenvalue weighted by molar-refractivity contribution is 7.10. The van der Waals surface area contributed by atoms with Crippen molar-refractivity contribution in [1.82, 2.24) is 5.32 Å². The molecule has 2 aliphatic carbocycles. The molecule has 0 spiro atoms. The van der Waals surface area contributed by atoms with Gasteiger partial charge in [0.25, 0.3) is 5.91 Å². The van der Waals surface area contributed by atoms with Gasteiger partial charge in [-0.2, -0.15) is 0 Å². The zero-order chi connectivity index (χ0) is 17.4. The van der Waals surface area contributed by atoms with Crippen LogP contribution in [0.1, 0.15) is 37.5 Å². The normalized spacial score (nSPS) is 26.0. The molecule has 2 amide bonds. The molecule has 5 heteroatoms. The average molecular weight is 352 g/mol. The molecule has 1 aliphatic heterocycles. The fourth-order valence-electron chi connectivity index (χ4n) is 3.97. The maximum Gasteiger partial charge on any atom is 0.257 e. The van der Waals surface area contributed by atoms with E-state index in [4.69, 9.17) is 0 Å². The number of rotatable bonds is 2. The van der Waals surface area contributed by atoms with E-state index in [0.29, 0.717) is 5.71 Å². The first kappa shape index (κ1) is 16.2. The molecule has 0 bridgehead atoms. The Labute approximate surface area is 151 Å². The summed E-state index contributed by atoms with van der Waals surface area (Å²) in [5, 5.41) is 4.89. The Morgan fingerprint density at radius 1 is 1.32 bits per heavy atom. The summed E-state index contributed by atoms with van der Waals surface area (Å²) in [6.07, 6.45) is 11.2. The third kappa shape index (κ3) is 2.82. The van der Waals surface area contributed by atoms with E-state index in [-0.39, 0.29) is 17.7 Å². The van der Waals surface area contributed by atoms with E-state index in [0.717, 1.165) is 41.8 Å². The van der Waals surface area contributed by atoms with Crippen LogP contribution in [0.5, 0.6) is 0 Å². The number of hydrogen-bond donors (Lipinski definition) is 1. The van der Waals surface area contributed by atoms with E-state index in [9.17, 15) is 9.59 Å². The van der Waals surface area contributed by atoms with Crippen LogP contribution in [0, 0.1) is 5.92 Å². The summed E-state index contributed by atoms with van der Waals surface area (Å²) >= 11 is 1.64. The third-order valence-electron chi connectivity index (χ3n) is 5.30. The SMILES string of the molecule is CC1=CC(=O)NC2=CC(=NC(=O)C3(c4cccs4)CCCC3)C=CC12. The quantitative estimate of drug-likeness (QED) is 0.883. The maximum atomic E-state index is 13.1. The van der Waals surface area contributed by atoms with Crippen LogP contribution in [0.3, 0.4) is 0 Å². The lowest BCUT2D eigenvalue weighted by atomic mass is 9.83. The first-order valence-electron chi connectivity index (χ1n) is 8.65. The van der Waals surface area contributed by atoms with E-state index in [1.54, 1.807) is 17.4 Å². The number of hydrogen-bond acceptors (Lipinski definition) is 3. The van der Waals surface area contributed by atoms with Crippen molar-refractivity contribution in [2.75, 3.05) is 0 Å². The fraction of sp³-hybridized carbons (Fsp3) is 0.350. The molecule has 1 atom stereocenters. The summed E-state index contributed by atoms with van der Waals surface area (Å²) in [5.74, 6) is -0.104. The molecular formula is C20H20N2O2S. The minimum Gasteiger partial charge on any atom is -0.325 e. The van der Waals surface area contributed by atoms with Crippen LogP contribution in [0.4, 0.5) is 0 Å². The van der Waals surface area contributed by atoms with Gasteiger partial charge < -0.3 is 5.32 Å². The smallest absolute Gasteiger partial charge is 0.257 e. The van der Waals surface area contributed by atoms with Crippen LogP contribution < -0.4 is 5.32 Å². The summed E-state index contributed by atoms with van der Waals surface area (Å²) in [5.41, 5.74) is 1.96. The second-order valence-electron chi connectivity index (χ2n) is 6.92. The average Bonchev–Trinajstić information content (AvgIpc) is 3.26. The lowest BCUT2D eigenvalue weighted by Crippen LogP contribution is -2.33. The van der Waals surface area contributed by atoms with Crippen LogP contribution >= 0.6 is 11.3 Å². The minimum atomic E-state index is -0.462. The number of fused-ring (bicyclic) bond motifs is 1. The largest absolute Gasteiger partial charge is 0.325 e. The zero-order valence-corrected chi connectivity index (χ0v) is 14.9. The van der Waals surface area contributed by atoms with Crippen molar-refractivity contribution in [2.24, 2.45) is 10.9 Å². The molecule has 0 aromatic carbocycles. The van der Waals surface area contributed by atoms with E-state index in [1.807, 2.05) is 36.6 Å². The monoisotopic (exact) mass is 352 g/mol. The van der Waals surface area contributed by atoms with Crippen molar-refractivity contribution in [3.8, 4) is 0 Å². The Morgan fingerprint density at radius 2 is 2.12 bits per heavy atom. The van der Waals surface area contributed by atoms with Crippen molar-refractivity contribution in [1.29, 1.82) is 0 Å². The van der Waals surface area contributed by atoms with Crippen molar-refractivity contribution in [3.05, 3.63) is 58.0 Å². The highest BCUT2D eigenvalue weighted by atomic mass is 32.1. The molecule has 25 heavy (non-hydrogen) atoms. The number of amides is 2. The highest BCUT2D eigenvalue weighted by Gasteiger charge is 2.43. The molecule has 3 aliphatic rings. The molecule has 2 heterocycles. The van der Waals surface area contributed by atoms with E-state index in [2.05, 4.69) is 16.4 Å². The Morgan fingerprint density at radius 3 is 2.84 bits per heavy atom. The van der Waals surface area contributed by atoms with Gasteiger partial charge >= 0.3 is 0 Å². The topological polar surface area (TPSA) is 58.5 Å². The molecule has 4 rings (SSSR count). The molecule has 4 nitrogen and oxygen atoms in total. The standard InChI is InChI=1S/C20H20N2O2S/c1-13-11-18(23)22-16-12-14(6-7-15(13)16)21-19(24)20(8-2-3-9-20)17-5-4-10-25-17/h4-7,10-12,15H,2-3,8-9H2,1H3,(H,22,23). The molecule has 1 saturated carbocycles. The molecule has 1 unspecified atom stereocenters. The summed E-state index contributed by atoms with van der Waals surface area (Å²) in [6.45, 7) is 1.94. The van der Waals surface area contributed by atoms with Crippen molar-refractivity contribution < 1.29 is 9.59 Å². The molecule has 0 saturated heterocycles. The van der Waals surface area contributed by atoms with E-state index < -0.39 is 5.41 Å². The van der Waals surface area contributed by atoms with Crippen LogP contribution in [0.25, 0.3) is 0 Å². The van der Waals surface area contributed by atoms with E-state index in [1.165, 1.54) is 0 Å². The van der Waals surface area contributed by atoms with Crippen LogP contribution in [0.15, 0.2) is 58.1 Å². The Kier molecular flexibility index (Phi) is 4.04. The number of nitrogens with one attached hydrogen (secondary N) is 1. The Bertz CT molecular complexity index is 837. The van der Waals surface area contributed by atoms with Crippen molar-refractivity contribution in [3.63, 3.8) is 0 Å². The van der Waals surface area contributed by atoms with Gasteiger partial charge in [0, 0.05) is 22.6 Å². The Hall–Kier alpha value is -2.27. The van der Waals surface area contributed by atoms with Gasteiger partial charge in [-0.05, 0) is 43.4 Å². The maximum absolute atomic E-state index is 13.1. The number of thiophene rings is 1. The fourth-order valence-corrected chi connectivity index (χ4v) is 4.95. The van der Waals surface area contributed by atoms with Gasteiger partial charge in [0.15, 0.2) is 0 Å². The second kappa shape index (κ2) is 6.23. The number of allylic oxidation sites excluding steroid dienone is 3. The van der Waals surface area contributed by atoms with Gasteiger partial charge in [-0.15, -0.1) is 11.3 Å². The Balaban J connectivity index is 1.65. The lowest BCUT2D eigenvalue weighted by molar-refractivity contribution is -0.123. The van der Waals surface area contributed by atoms with Gasteiger partial charge in [-0.25, -0.2) is 4.99 Å². The van der Waals surface area contributed by atoms with Crippen molar-refractivity contribution in [2.45, 2.75) is 38.0 Å². The minimum absolute atomic E-state index is 0.0585. The van der Waals surface area contributed by atoms with Crippen molar-refractivity contribution >= 4 is 28.9 Å². The highest BCUT2D eigenvalue weighted by Crippen LogP contribution is 2.44. The molecular weight excluding hydrogens is 332 g/mol. The summed E-state index contributed by atoms with van der Waals surface area (Å²) < 4.78 is 0. The molecule has 128 valence electrons. The van der Waals surface area contributed by atoms with Gasteiger partial charge in [0.2, 0.25) is 5.91 Å². The summed E-state index contributed by atoms with van der Waals surface area (Å²) in [6, 6.07) is 4.05. The number of aliphatic imine (C=N–C) groups is 1. The van der Waals surface area contributed by atoms with Gasteiger partial charge in [-0.3, -0.25) is 9.59 Å². The van der Waals surface area contributed by atoms with Crippen LogP contribution in [-0.2, 0) is 15.0 Å². The van der Waals surface area contributed by atoms with Gasteiger partial charge in [0.05, 0.1) is 11.1 Å². The van der Waals surface area contributed by atoms with Gasteiger partial charge in [-0.1, -0.05) is 30.6 Å². The predicted octanol–water partition coefficient (Wildman–Crippen LogP) is 3.67. The number of carbonyl (C=O) groups excluding carboxylic acids is 2. The zero-order valence-electron chi connectivity index (χ0n) is 14.1. The van der Waals surface area contributed by atoms with E-state index >= 15 is 0 Å². The summed E-state index contributed by atoms with van der Waals surface area (Å²) in [7, 11) is 0. The number of nitrogens with zero attached hydrogens (tertiary/aromatic N) is 1.